The number of nitrogens with one attached hydrogen (secondary N) is 1. The van der Waals surface area contributed by atoms with Gasteiger partial charge in [-0.2, -0.15) is 0 Å². The Morgan fingerprint density at radius 3 is 2.84 bits per heavy atom. The summed E-state index contributed by atoms with van der Waals surface area (Å²) in [4.78, 5) is 33.8. The first-order chi connectivity index (χ1) is 15.0. The van der Waals surface area contributed by atoms with E-state index in [4.69, 9.17) is 9.47 Å². The van der Waals surface area contributed by atoms with E-state index in [0.29, 0.717) is 35.7 Å². The Labute approximate surface area is 184 Å². The van der Waals surface area contributed by atoms with Crippen LogP contribution in [0.15, 0.2) is 41.4 Å². The molecule has 0 aliphatic carbocycles. The molecule has 2 aromatic rings. The Bertz CT molecular complexity index is 1100. The lowest BCUT2D eigenvalue weighted by molar-refractivity contribution is -0.128. The van der Waals surface area contributed by atoms with E-state index in [1.165, 1.54) is 22.9 Å². The molecule has 1 saturated heterocycles. The molecular formula is C22H22N4O4S. The molecule has 2 amide bonds. The van der Waals surface area contributed by atoms with Gasteiger partial charge in [0.2, 0.25) is 18.6 Å². The number of thioether (sulfide) groups is 1. The van der Waals surface area contributed by atoms with E-state index in [-0.39, 0.29) is 25.0 Å². The number of fused-ring (bicyclic) bond motifs is 2. The van der Waals surface area contributed by atoms with E-state index in [1.54, 1.807) is 23.1 Å². The lowest BCUT2D eigenvalue weighted by Gasteiger charge is -2.32. The molecule has 0 saturated carbocycles. The first-order valence-electron chi connectivity index (χ1n) is 10.0. The van der Waals surface area contributed by atoms with Crippen LogP contribution >= 0.6 is 11.8 Å². The van der Waals surface area contributed by atoms with Gasteiger partial charge in [0.05, 0.1) is 0 Å². The normalized spacial score (nSPS) is 19.4. The van der Waals surface area contributed by atoms with Crippen LogP contribution in [0.4, 0.5) is 11.4 Å². The minimum absolute atomic E-state index is 0.0805. The average molecular weight is 439 g/mol. The van der Waals surface area contributed by atoms with Crippen LogP contribution in [0.25, 0.3) is 0 Å². The van der Waals surface area contributed by atoms with E-state index in [0.717, 1.165) is 5.69 Å². The largest absolute Gasteiger partial charge is 0.454 e. The SMILES string of the molecule is Cc1ccc(N2CN=C3S[C@@H](CC(=O)Nc4ccc5c(c4)OCO5)C(=O)N3C2)cc1C. The molecule has 3 heterocycles. The zero-order valence-corrected chi connectivity index (χ0v) is 18.1. The molecule has 1 N–H and O–H groups in total. The molecule has 8 nitrogen and oxygen atoms in total. The third kappa shape index (κ3) is 3.81. The van der Waals surface area contributed by atoms with Gasteiger partial charge < -0.3 is 19.7 Å². The zero-order valence-electron chi connectivity index (χ0n) is 17.3. The molecule has 0 spiro atoms. The van der Waals surface area contributed by atoms with Crippen molar-refractivity contribution in [3.8, 4) is 11.5 Å². The number of benzene rings is 2. The summed E-state index contributed by atoms with van der Waals surface area (Å²) in [6.45, 7) is 5.25. The van der Waals surface area contributed by atoms with Gasteiger partial charge in [-0.15, -0.1) is 0 Å². The van der Waals surface area contributed by atoms with Crippen molar-refractivity contribution >= 4 is 40.1 Å². The first kappa shape index (κ1) is 19.7. The molecule has 0 unspecified atom stereocenters. The van der Waals surface area contributed by atoms with Crippen LogP contribution < -0.4 is 19.7 Å². The van der Waals surface area contributed by atoms with Crippen LogP contribution in [0.2, 0.25) is 0 Å². The Morgan fingerprint density at radius 1 is 1.16 bits per heavy atom. The summed E-state index contributed by atoms with van der Waals surface area (Å²) in [6, 6.07) is 11.5. The summed E-state index contributed by atoms with van der Waals surface area (Å²) in [6.07, 6.45) is 0.0805. The molecule has 160 valence electrons. The molecular weight excluding hydrogens is 416 g/mol. The molecule has 9 heteroatoms. The van der Waals surface area contributed by atoms with E-state index in [1.807, 2.05) is 6.07 Å². The van der Waals surface area contributed by atoms with Crippen LogP contribution in [0.3, 0.4) is 0 Å². The van der Waals surface area contributed by atoms with Crippen molar-refractivity contribution in [1.82, 2.24) is 4.90 Å². The highest BCUT2D eigenvalue weighted by Gasteiger charge is 2.41. The standard InChI is InChI=1S/C22H22N4O4S/c1-13-3-5-16(7-14(13)2)25-10-23-22-26(11-25)21(28)19(31-22)9-20(27)24-15-4-6-17-18(8-15)30-12-29-17/h3-8,19H,9-12H2,1-2H3,(H,24,27)/t19-/m0/s1. The predicted octanol–water partition coefficient (Wildman–Crippen LogP) is 3.10. The molecule has 31 heavy (non-hydrogen) atoms. The van der Waals surface area contributed by atoms with Gasteiger partial charge in [-0.1, -0.05) is 17.8 Å². The number of amides is 2. The van der Waals surface area contributed by atoms with Crippen LogP contribution in [0.1, 0.15) is 17.5 Å². The highest BCUT2D eigenvalue weighted by molar-refractivity contribution is 8.15. The summed E-state index contributed by atoms with van der Waals surface area (Å²) in [7, 11) is 0. The fraction of sp³-hybridized carbons (Fsp3) is 0.318. The minimum Gasteiger partial charge on any atom is -0.454 e. The second-order valence-electron chi connectivity index (χ2n) is 7.73. The van der Waals surface area contributed by atoms with Gasteiger partial charge in [-0.05, 0) is 49.2 Å². The number of amidine groups is 1. The Kier molecular flexibility index (Phi) is 4.97. The summed E-state index contributed by atoms with van der Waals surface area (Å²) >= 11 is 1.36. The highest BCUT2D eigenvalue weighted by atomic mass is 32.2. The van der Waals surface area contributed by atoms with Gasteiger partial charge in [0, 0.05) is 23.9 Å². The molecule has 0 bridgehead atoms. The summed E-state index contributed by atoms with van der Waals surface area (Å²) in [5.41, 5.74) is 4.08. The Hall–Kier alpha value is -3.20. The number of carbonyl (C=O) groups is 2. The fourth-order valence-corrected chi connectivity index (χ4v) is 4.82. The van der Waals surface area contributed by atoms with Crippen molar-refractivity contribution in [3.63, 3.8) is 0 Å². The monoisotopic (exact) mass is 438 g/mol. The topological polar surface area (TPSA) is 83.5 Å². The summed E-state index contributed by atoms with van der Waals surface area (Å²) in [5.74, 6) is 0.944. The summed E-state index contributed by atoms with van der Waals surface area (Å²) < 4.78 is 10.6. The molecule has 1 fully saturated rings. The van der Waals surface area contributed by atoms with Crippen molar-refractivity contribution in [2.75, 3.05) is 30.3 Å². The smallest absolute Gasteiger partial charge is 0.244 e. The van der Waals surface area contributed by atoms with Crippen LogP contribution in [0, 0.1) is 13.8 Å². The maximum absolute atomic E-state index is 13.0. The quantitative estimate of drug-likeness (QED) is 0.790. The molecule has 5 rings (SSSR count). The van der Waals surface area contributed by atoms with E-state index < -0.39 is 5.25 Å². The van der Waals surface area contributed by atoms with E-state index in [2.05, 4.69) is 41.2 Å². The average Bonchev–Trinajstić information content (AvgIpc) is 3.34. The second-order valence-corrected chi connectivity index (χ2v) is 8.89. The van der Waals surface area contributed by atoms with Crippen molar-refractivity contribution < 1.29 is 19.1 Å². The predicted molar refractivity (Wildman–Crippen MR) is 120 cm³/mol. The van der Waals surface area contributed by atoms with E-state index in [9.17, 15) is 9.59 Å². The number of ether oxygens (including phenoxy) is 2. The van der Waals surface area contributed by atoms with Crippen LogP contribution in [-0.4, -0.2) is 47.3 Å². The van der Waals surface area contributed by atoms with Gasteiger partial charge in [0.15, 0.2) is 16.7 Å². The molecule has 3 aliphatic heterocycles. The van der Waals surface area contributed by atoms with Crippen LogP contribution in [-0.2, 0) is 9.59 Å². The number of aliphatic imine (C=N–C) groups is 1. The highest BCUT2D eigenvalue weighted by Crippen LogP contribution is 2.35. The lowest BCUT2D eigenvalue weighted by atomic mass is 10.1. The number of hydrogen-bond donors (Lipinski definition) is 1. The third-order valence-electron chi connectivity index (χ3n) is 5.59. The van der Waals surface area contributed by atoms with Gasteiger partial charge >= 0.3 is 0 Å². The van der Waals surface area contributed by atoms with Gasteiger partial charge in [0.1, 0.15) is 18.6 Å². The maximum atomic E-state index is 13.0. The van der Waals surface area contributed by atoms with Crippen LogP contribution in [0.5, 0.6) is 11.5 Å². The molecule has 0 aromatic heterocycles. The third-order valence-corrected chi connectivity index (χ3v) is 6.80. The molecule has 1 atom stereocenters. The lowest BCUT2D eigenvalue weighted by Crippen LogP contribution is -2.46. The molecule has 0 radical (unpaired) electrons. The Balaban J connectivity index is 1.22. The second kappa shape index (κ2) is 7.81. The zero-order chi connectivity index (χ0) is 21.5. The molecule has 2 aromatic carbocycles. The molecule has 3 aliphatic rings. The minimum atomic E-state index is -0.479. The number of carbonyl (C=O) groups excluding carboxylic acids is 2. The number of aryl methyl sites for hydroxylation is 2. The van der Waals surface area contributed by atoms with Gasteiger partial charge in [0.25, 0.3) is 0 Å². The number of anilines is 2. The number of hydrogen-bond acceptors (Lipinski definition) is 7. The first-order valence-corrected chi connectivity index (χ1v) is 10.9. The Morgan fingerprint density at radius 2 is 2.00 bits per heavy atom. The summed E-state index contributed by atoms with van der Waals surface area (Å²) in [5, 5.41) is 3.04. The number of rotatable bonds is 4. The van der Waals surface area contributed by atoms with Crippen molar-refractivity contribution in [1.29, 1.82) is 0 Å². The van der Waals surface area contributed by atoms with Gasteiger partial charge in [-0.3, -0.25) is 14.5 Å². The van der Waals surface area contributed by atoms with Crippen molar-refractivity contribution in [3.05, 3.63) is 47.5 Å². The number of nitrogens with zero attached hydrogens (tertiary/aromatic N) is 3. The maximum Gasteiger partial charge on any atom is 0.244 e. The van der Waals surface area contributed by atoms with Crippen molar-refractivity contribution in [2.24, 2.45) is 4.99 Å². The van der Waals surface area contributed by atoms with Crippen molar-refractivity contribution in [2.45, 2.75) is 25.5 Å². The van der Waals surface area contributed by atoms with Gasteiger partial charge in [-0.25, -0.2) is 4.99 Å². The van der Waals surface area contributed by atoms with E-state index >= 15 is 0 Å². The fourth-order valence-electron chi connectivity index (χ4n) is 3.69.